The molecule has 1 aromatic carbocycles. The van der Waals surface area contributed by atoms with Crippen molar-refractivity contribution in [2.45, 2.75) is 19.8 Å². The first-order chi connectivity index (χ1) is 9.74. The fourth-order valence-corrected chi connectivity index (χ4v) is 2.89. The van der Waals surface area contributed by atoms with Gasteiger partial charge in [0.2, 0.25) is 0 Å². The Morgan fingerprint density at radius 2 is 2.10 bits per heavy atom. The van der Waals surface area contributed by atoms with Gasteiger partial charge in [0.25, 0.3) is 0 Å². The highest BCUT2D eigenvalue weighted by Gasteiger charge is 2.16. The second-order valence-electron chi connectivity index (χ2n) is 5.13. The predicted octanol–water partition coefficient (Wildman–Crippen LogP) is 3.51. The Morgan fingerprint density at radius 1 is 1.30 bits per heavy atom. The molecule has 1 aromatic heterocycles. The van der Waals surface area contributed by atoms with Crippen LogP contribution in [0.4, 0.5) is 0 Å². The first kappa shape index (κ1) is 13.8. The quantitative estimate of drug-likeness (QED) is 0.860. The van der Waals surface area contributed by atoms with E-state index >= 15 is 0 Å². The summed E-state index contributed by atoms with van der Waals surface area (Å²) in [5, 5.41) is 1.03. The minimum absolute atomic E-state index is 0.570. The second-order valence-corrected chi connectivity index (χ2v) is 6.04. The molecule has 1 aliphatic rings. The minimum Gasteiger partial charge on any atom is -0.491 e. The van der Waals surface area contributed by atoms with Crippen molar-refractivity contribution in [2.24, 2.45) is 5.92 Å². The molecule has 0 amide bonds. The van der Waals surface area contributed by atoms with Crippen molar-refractivity contribution >= 4 is 26.8 Å². The van der Waals surface area contributed by atoms with E-state index in [-0.39, 0.29) is 0 Å². The topological polar surface area (TPSA) is 44.2 Å². The summed E-state index contributed by atoms with van der Waals surface area (Å²) in [6, 6.07) is 4.01. The van der Waals surface area contributed by atoms with Crippen LogP contribution in [0, 0.1) is 12.8 Å². The lowest BCUT2D eigenvalue weighted by Gasteiger charge is -2.22. The number of fused-ring (bicyclic) bond motifs is 1. The summed E-state index contributed by atoms with van der Waals surface area (Å²) in [5.41, 5.74) is 1.85. The van der Waals surface area contributed by atoms with Crippen LogP contribution in [0.25, 0.3) is 10.9 Å². The third-order valence-electron chi connectivity index (χ3n) is 3.68. The van der Waals surface area contributed by atoms with Crippen LogP contribution in [0.2, 0.25) is 0 Å². The molecule has 0 spiro atoms. The fourth-order valence-electron chi connectivity index (χ4n) is 2.46. The summed E-state index contributed by atoms with van der Waals surface area (Å²) in [7, 11) is 0. The van der Waals surface area contributed by atoms with Crippen molar-refractivity contribution < 1.29 is 9.47 Å². The summed E-state index contributed by atoms with van der Waals surface area (Å²) in [4.78, 5) is 8.60. The minimum atomic E-state index is 0.570. The van der Waals surface area contributed by atoms with Gasteiger partial charge in [0.15, 0.2) is 0 Å². The summed E-state index contributed by atoms with van der Waals surface area (Å²) in [5.74, 6) is 1.40. The van der Waals surface area contributed by atoms with Gasteiger partial charge in [-0.25, -0.2) is 9.97 Å². The maximum Gasteiger partial charge on any atom is 0.146 e. The van der Waals surface area contributed by atoms with Crippen molar-refractivity contribution in [3.05, 3.63) is 28.6 Å². The smallest absolute Gasteiger partial charge is 0.146 e. The molecule has 0 bridgehead atoms. The lowest BCUT2D eigenvalue weighted by atomic mass is 10.0. The van der Waals surface area contributed by atoms with Crippen LogP contribution in [0.1, 0.15) is 18.5 Å². The summed E-state index contributed by atoms with van der Waals surface area (Å²) in [6.07, 6.45) is 3.73. The number of ether oxygens (including phenoxy) is 2. The van der Waals surface area contributed by atoms with E-state index < -0.39 is 0 Å². The number of benzene rings is 1. The number of nitrogens with zero attached hydrogens (tertiary/aromatic N) is 2. The molecule has 1 saturated heterocycles. The first-order valence-electron chi connectivity index (χ1n) is 6.85. The maximum absolute atomic E-state index is 6.02. The zero-order valence-electron chi connectivity index (χ0n) is 11.4. The standard InChI is InChI=1S/C15H17BrN2O2/c1-10-13-6-12(16)7-14(15(13)18-9-17-10)20-8-11-2-4-19-5-3-11/h6-7,9,11H,2-5,8H2,1H3. The highest BCUT2D eigenvalue weighted by Crippen LogP contribution is 2.30. The van der Waals surface area contributed by atoms with Crippen LogP contribution < -0.4 is 4.74 Å². The van der Waals surface area contributed by atoms with Crippen molar-refractivity contribution in [2.75, 3.05) is 19.8 Å². The molecular weight excluding hydrogens is 320 g/mol. The van der Waals surface area contributed by atoms with Crippen LogP contribution in [0.15, 0.2) is 22.9 Å². The number of hydrogen-bond donors (Lipinski definition) is 0. The maximum atomic E-state index is 6.02. The lowest BCUT2D eigenvalue weighted by molar-refractivity contribution is 0.0499. The van der Waals surface area contributed by atoms with Gasteiger partial charge in [0.1, 0.15) is 17.6 Å². The lowest BCUT2D eigenvalue weighted by Crippen LogP contribution is -2.21. The van der Waals surface area contributed by atoms with Gasteiger partial charge >= 0.3 is 0 Å². The van der Waals surface area contributed by atoms with E-state index in [1.54, 1.807) is 6.33 Å². The van der Waals surface area contributed by atoms with Gasteiger partial charge in [0, 0.05) is 28.8 Å². The third kappa shape index (κ3) is 2.94. The van der Waals surface area contributed by atoms with Crippen molar-refractivity contribution in [3.63, 3.8) is 0 Å². The van der Waals surface area contributed by atoms with E-state index in [1.807, 2.05) is 19.1 Å². The number of rotatable bonds is 3. The molecule has 5 heteroatoms. The zero-order valence-corrected chi connectivity index (χ0v) is 13.0. The monoisotopic (exact) mass is 336 g/mol. The Labute approximate surface area is 126 Å². The molecule has 0 saturated carbocycles. The Bertz CT molecular complexity index is 612. The Hall–Kier alpha value is -1.20. The summed E-state index contributed by atoms with van der Waals surface area (Å²) < 4.78 is 12.4. The van der Waals surface area contributed by atoms with Gasteiger partial charge in [-0.05, 0) is 37.8 Å². The van der Waals surface area contributed by atoms with E-state index in [1.165, 1.54) is 0 Å². The van der Waals surface area contributed by atoms with Crippen LogP contribution >= 0.6 is 15.9 Å². The van der Waals surface area contributed by atoms with Crippen LogP contribution in [-0.4, -0.2) is 29.8 Å². The van der Waals surface area contributed by atoms with Crippen molar-refractivity contribution in [1.82, 2.24) is 9.97 Å². The molecule has 3 rings (SSSR count). The van der Waals surface area contributed by atoms with Crippen LogP contribution in [0.5, 0.6) is 5.75 Å². The molecule has 106 valence electrons. The van der Waals surface area contributed by atoms with Gasteiger partial charge in [-0.3, -0.25) is 0 Å². The van der Waals surface area contributed by atoms with Gasteiger partial charge in [-0.2, -0.15) is 0 Å². The molecule has 0 radical (unpaired) electrons. The molecule has 1 aliphatic heterocycles. The van der Waals surface area contributed by atoms with Crippen molar-refractivity contribution in [1.29, 1.82) is 0 Å². The second kappa shape index (κ2) is 6.06. The molecule has 0 N–H and O–H groups in total. The van der Waals surface area contributed by atoms with E-state index in [0.29, 0.717) is 5.92 Å². The van der Waals surface area contributed by atoms with Gasteiger partial charge in [0.05, 0.1) is 6.61 Å². The molecule has 0 unspecified atom stereocenters. The average Bonchev–Trinajstić information content (AvgIpc) is 2.47. The Morgan fingerprint density at radius 3 is 2.90 bits per heavy atom. The largest absolute Gasteiger partial charge is 0.491 e. The highest BCUT2D eigenvalue weighted by molar-refractivity contribution is 9.10. The third-order valence-corrected chi connectivity index (χ3v) is 4.14. The van der Waals surface area contributed by atoms with Crippen molar-refractivity contribution in [3.8, 4) is 5.75 Å². The van der Waals surface area contributed by atoms with Crippen LogP contribution in [0.3, 0.4) is 0 Å². The Balaban J connectivity index is 1.85. The normalized spacial score (nSPS) is 16.5. The molecule has 0 aliphatic carbocycles. The molecule has 0 atom stereocenters. The van der Waals surface area contributed by atoms with Crippen LogP contribution in [-0.2, 0) is 4.74 Å². The molecule has 2 aromatic rings. The predicted molar refractivity (Wildman–Crippen MR) is 81.0 cm³/mol. The number of aromatic nitrogens is 2. The number of halogens is 1. The highest BCUT2D eigenvalue weighted by atomic mass is 79.9. The first-order valence-corrected chi connectivity index (χ1v) is 7.65. The van der Waals surface area contributed by atoms with Gasteiger partial charge < -0.3 is 9.47 Å². The average molecular weight is 337 g/mol. The zero-order chi connectivity index (χ0) is 13.9. The summed E-state index contributed by atoms with van der Waals surface area (Å²) in [6.45, 7) is 4.39. The molecule has 1 fully saturated rings. The number of hydrogen-bond acceptors (Lipinski definition) is 4. The SMILES string of the molecule is Cc1ncnc2c(OCC3CCOCC3)cc(Br)cc12. The Kier molecular flexibility index (Phi) is 4.17. The van der Waals surface area contributed by atoms with Gasteiger partial charge in [-0.15, -0.1) is 0 Å². The van der Waals surface area contributed by atoms with E-state index in [4.69, 9.17) is 9.47 Å². The van der Waals surface area contributed by atoms with E-state index in [2.05, 4.69) is 25.9 Å². The number of aryl methyl sites for hydroxylation is 1. The molecular formula is C15H17BrN2O2. The van der Waals surface area contributed by atoms with E-state index in [9.17, 15) is 0 Å². The molecule has 2 heterocycles. The van der Waals surface area contributed by atoms with Gasteiger partial charge in [-0.1, -0.05) is 15.9 Å². The fraction of sp³-hybridized carbons (Fsp3) is 0.467. The molecule has 4 nitrogen and oxygen atoms in total. The summed E-state index contributed by atoms with van der Waals surface area (Å²) >= 11 is 3.53. The molecule has 20 heavy (non-hydrogen) atoms. The van der Waals surface area contributed by atoms with E-state index in [0.717, 1.165) is 59.5 Å².